The molecule has 2 rings (SSSR count). The number of anilines is 1. The number of nitrogens with one attached hydrogen (secondary N) is 1. The second-order valence-electron chi connectivity index (χ2n) is 10.4. The summed E-state index contributed by atoms with van der Waals surface area (Å²) in [5.74, 6) is 2.12. The minimum Gasteiger partial charge on any atom is -0.468 e. The van der Waals surface area contributed by atoms with E-state index in [-0.39, 0.29) is 18.7 Å². The Morgan fingerprint density at radius 3 is 2.03 bits per heavy atom. The Morgan fingerprint density at radius 1 is 1.03 bits per heavy atom. The van der Waals surface area contributed by atoms with Crippen LogP contribution in [0.2, 0.25) is 39.3 Å². The molecule has 0 spiro atoms. The summed E-state index contributed by atoms with van der Waals surface area (Å²) in [6.07, 6.45) is 0.688. The van der Waals surface area contributed by atoms with E-state index in [9.17, 15) is 14.4 Å². The topological polar surface area (TPSA) is 81.7 Å². The SMILES string of the molecule is CCC(=O)Nc1cc2c(c(C#C[Si](C)(C)C)c1[Si](C)(C)C)CC(C(=O)OC)(C(=O)OC)C2. The van der Waals surface area contributed by atoms with Crippen molar-refractivity contribution in [3.8, 4) is 11.5 Å². The lowest BCUT2D eigenvalue weighted by molar-refractivity contribution is -0.168. The number of fused-ring (bicyclic) bond motifs is 1. The van der Waals surface area contributed by atoms with E-state index < -0.39 is 33.5 Å². The second kappa shape index (κ2) is 9.24. The molecule has 0 saturated carbocycles. The molecule has 1 aliphatic rings. The Labute approximate surface area is 193 Å². The van der Waals surface area contributed by atoms with Crippen LogP contribution in [0.15, 0.2) is 6.07 Å². The minimum absolute atomic E-state index is 0.0845. The van der Waals surface area contributed by atoms with Crippen molar-refractivity contribution in [2.75, 3.05) is 19.5 Å². The van der Waals surface area contributed by atoms with Gasteiger partial charge in [0.05, 0.1) is 22.3 Å². The second-order valence-corrected chi connectivity index (χ2v) is 20.1. The van der Waals surface area contributed by atoms with E-state index in [0.29, 0.717) is 6.42 Å². The lowest BCUT2D eigenvalue weighted by atomic mass is 9.84. The van der Waals surface area contributed by atoms with Gasteiger partial charge in [0.2, 0.25) is 5.91 Å². The number of methoxy groups -OCH3 is 2. The van der Waals surface area contributed by atoms with Gasteiger partial charge in [0.1, 0.15) is 8.07 Å². The molecule has 0 saturated heterocycles. The summed E-state index contributed by atoms with van der Waals surface area (Å²) in [6, 6.07) is 1.92. The van der Waals surface area contributed by atoms with Crippen LogP contribution in [-0.4, -0.2) is 48.2 Å². The van der Waals surface area contributed by atoms with Crippen molar-refractivity contribution < 1.29 is 23.9 Å². The van der Waals surface area contributed by atoms with Crippen molar-refractivity contribution in [3.63, 3.8) is 0 Å². The predicted octanol–water partition coefficient (Wildman–Crippen LogP) is 3.24. The first-order valence-corrected chi connectivity index (χ1v) is 17.9. The van der Waals surface area contributed by atoms with Crippen LogP contribution in [0.25, 0.3) is 0 Å². The largest absolute Gasteiger partial charge is 0.468 e. The van der Waals surface area contributed by atoms with Crippen LogP contribution in [0, 0.1) is 16.9 Å². The van der Waals surface area contributed by atoms with Crippen LogP contribution in [0.1, 0.15) is 30.0 Å². The van der Waals surface area contributed by atoms with Crippen molar-refractivity contribution in [2.24, 2.45) is 5.41 Å². The van der Waals surface area contributed by atoms with Gasteiger partial charge < -0.3 is 14.8 Å². The van der Waals surface area contributed by atoms with Crippen LogP contribution in [0.4, 0.5) is 5.69 Å². The number of amides is 1. The molecule has 0 fully saturated rings. The monoisotopic (exact) mass is 473 g/mol. The average molecular weight is 474 g/mol. The first-order valence-electron chi connectivity index (χ1n) is 10.9. The number of esters is 2. The number of carbonyl (C=O) groups excluding carboxylic acids is 3. The van der Waals surface area contributed by atoms with Gasteiger partial charge in [0.15, 0.2) is 5.41 Å². The van der Waals surface area contributed by atoms with Gasteiger partial charge in [-0.3, -0.25) is 14.4 Å². The highest BCUT2D eigenvalue weighted by molar-refractivity contribution is 6.90. The molecule has 1 aromatic carbocycles. The smallest absolute Gasteiger partial charge is 0.323 e. The molecule has 0 radical (unpaired) electrons. The van der Waals surface area contributed by atoms with Gasteiger partial charge in [-0.15, -0.1) is 5.54 Å². The fourth-order valence-corrected chi connectivity index (χ4v) is 6.50. The number of ether oxygens (including phenoxy) is 2. The van der Waals surface area contributed by atoms with Gasteiger partial charge in [-0.05, 0) is 28.8 Å². The molecule has 0 unspecified atom stereocenters. The third kappa shape index (κ3) is 5.16. The Bertz CT molecular complexity index is 990. The summed E-state index contributed by atoms with van der Waals surface area (Å²) in [6.45, 7) is 14.9. The van der Waals surface area contributed by atoms with E-state index in [1.165, 1.54) is 14.2 Å². The highest BCUT2D eigenvalue weighted by Crippen LogP contribution is 2.42. The minimum atomic E-state index is -1.99. The van der Waals surface area contributed by atoms with Crippen molar-refractivity contribution in [2.45, 2.75) is 65.5 Å². The van der Waals surface area contributed by atoms with Gasteiger partial charge in [-0.25, -0.2) is 0 Å². The van der Waals surface area contributed by atoms with E-state index in [2.05, 4.69) is 56.1 Å². The zero-order valence-corrected chi connectivity index (χ0v) is 22.7. The van der Waals surface area contributed by atoms with Gasteiger partial charge >= 0.3 is 11.9 Å². The van der Waals surface area contributed by atoms with Gasteiger partial charge in [0.25, 0.3) is 0 Å². The van der Waals surface area contributed by atoms with E-state index in [0.717, 1.165) is 27.6 Å². The van der Waals surface area contributed by atoms with E-state index in [1.54, 1.807) is 0 Å². The van der Waals surface area contributed by atoms with E-state index in [4.69, 9.17) is 9.47 Å². The van der Waals surface area contributed by atoms with Crippen molar-refractivity contribution in [1.82, 2.24) is 0 Å². The molecule has 0 atom stereocenters. The summed E-state index contributed by atoms with van der Waals surface area (Å²) in [5.41, 5.74) is 5.32. The van der Waals surface area contributed by atoms with Crippen molar-refractivity contribution >= 4 is 44.9 Å². The van der Waals surface area contributed by atoms with Crippen LogP contribution in [0.5, 0.6) is 0 Å². The summed E-state index contributed by atoms with van der Waals surface area (Å²) >= 11 is 0. The van der Waals surface area contributed by atoms with Crippen LogP contribution >= 0.6 is 0 Å². The molecule has 1 aliphatic carbocycles. The number of rotatable bonds is 5. The first-order chi connectivity index (χ1) is 14.7. The standard InChI is InChI=1S/C24H35NO5Si2/c1-10-20(26)25-19-13-16-14-24(22(27)29-2,23(28)30-3)15-18(16)17(11-12-31(4,5)6)21(19)32(7,8)9/h13H,10,14-15H2,1-9H3,(H,25,26). The van der Waals surface area contributed by atoms with Gasteiger partial charge in [-0.2, -0.15) is 0 Å². The average Bonchev–Trinajstić information content (AvgIpc) is 3.09. The summed E-state index contributed by atoms with van der Waals surface area (Å²) in [5, 5.41) is 4.11. The summed E-state index contributed by atoms with van der Waals surface area (Å²) in [7, 11) is -1.15. The maximum absolute atomic E-state index is 12.8. The molecule has 1 aromatic rings. The fourth-order valence-electron chi connectivity index (χ4n) is 4.10. The zero-order valence-electron chi connectivity index (χ0n) is 20.7. The molecule has 1 amide bonds. The quantitative estimate of drug-likeness (QED) is 0.307. The maximum atomic E-state index is 12.8. The Kier molecular flexibility index (Phi) is 7.47. The van der Waals surface area contributed by atoms with Crippen LogP contribution < -0.4 is 10.5 Å². The molecule has 6 nitrogen and oxygen atoms in total. The molecule has 0 heterocycles. The number of hydrogen-bond acceptors (Lipinski definition) is 5. The van der Waals surface area contributed by atoms with Crippen molar-refractivity contribution in [1.29, 1.82) is 0 Å². The Morgan fingerprint density at radius 2 is 1.59 bits per heavy atom. The molecule has 0 bridgehead atoms. The van der Waals surface area contributed by atoms with Gasteiger partial charge in [0, 0.05) is 24.1 Å². The molecule has 174 valence electrons. The maximum Gasteiger partial charge on any atom is 0.323 e. The predicted molar refractivity (Wildman–Crippen MR) is 132 cm³/mol. The molecule has 0 aliphatic heterocycles. The summed E-state index contributed by atoms with van der Waals surface area (Å²) in [4.78, 5) is 38.0. The Balaban J connectivity index is 2.90. The molecular weight excluding hydrogens is 438 g/mol. The van der Waals surface area contributed by atoms with Crippen LogP contribution in [-0.2, 0) is 36.7 Å². The highest BCUT2D eigenvalue weighted by Gasteiger charge is 2.53. The van der Waals surface area contributed by atoms with Crippen LogP contribution in [0.3, 0.4) is 0 Å². The lowest BCUT2D eigenvalue weighted by Crippen LogP contribution is -2.43. The highest BCUT2D eigenvalue weighted by atomic mass is 28.3. The number of hydrogen-bond donors (Lipinski definition) is 1. The van der Waals surface area contributed by atoms with Gasteiger partial charge in [-0.1, -0.05) is 52.1 Å². The van der Waals surface area contributed by atoms with E-state index in [1.807, 2.05) is 13.0 Å². The zero-order chi connectivity index (χ0) is 24.5. The molecule has 32 heavy (non-hydrogen) atoms. The first kappa shape index (κ1) is 25.9. The molecule has 1 N–H and O–H groups in total. The van der Waals surface area contributed by atoms with E-state index >= 15 is 0 Å². The Hall–Kier alpha value is -2.38. The summed E-state index contributed by atoms with van der Waals surface area (Å²) < 4.78 is 10.1. The fraction of sp³-hybridized carbons (Fsp3) is 0.542. The lowest BCUT2D eigenvalue weighted by Gasteiger charge is -2.26. The normalized spacial score (nSPS) is 14.7. The molecule has 8 heteroatoms. The number of carbonyl (C=O) groups is 3. The molecule has 0 aromatic heterocycles. The third-order valence-electron chi connectivity index (χ3n) is 5.56. The number of benzene rings is 1. The van der Waals surface area contributed by atoms with Crippen molar-refractivity contribution in [3.05, 3.63) is 22.8 Å². The third-order valence-corrected chi connectivity index (χ3v) is 8.45. The molecular formula is C24H35NO5Si2.